The van der Waals surface area contributed by atoms with Gasteiger partial charge in [0.1, 0.15) is 5.75 Å². The van der Waals surface area contributed by atoms with Crippen molar-refractivity contribution in [1.82, 2.24) is 0 Å². The molecule has 0 saturated heterocycles. The van der Waals surface area contributed by atoms with Gasteiger partial charge in [-0.25, -0.2) is 0 Å². The van der Waals surface area contributed by atoms with E-state index in [9.17, 15) is 9.59 Å². The van der Waals surface area contributed by atoms with Crippen molar-refractivity contribution < 1.29 is 14.3 Å². The van der Waals surface area contributed by atoms with E-state index in [1.165, 1.54) is 4.90 Å². The summed E-state index contributed by atoms with van der Waals surface area (Å²) in [4.78, 5) is 24.9. The van der Waals surface area contributed by atoms with Gasteiger partial charge in [-0.2, -0.15) is 5.26 Å². The number of amides is 2. The van der Waals surface area contributed by atoms with E-state index in [1.807, 2.05) is 12.1 Å². The van der Waals surface area contributed by atoms with Gasteiger partial charge in [-0.05, 0) is 36.4 Å². The van der Waals surface area contributed by atoms with E-state index in [2.05, 4.69) is 0 Å². The lowest BCUT2D eigenvalue weighted by molar-refractivity contribution is -0.120. The molecule has 6 heteroatoms. The Morgan fingerprint density at radius 2 is 1.75 bits per heavy atom. The number of carbonyl (C=O) groups excluding carboxylic acids is 2. The number of para-hydroxylation sites is 1. The van der Waals surface area contributed by atoms with Crippen LogP contribution in [0.15, 0.2) is 54.6 Å². The lowest BCUT2D eigenvalue weighted by Gasteiger charge is -2.22. The van der Waals surface area contributed by atoms with E-state index in [-0.39, 0.29) is 25.5 Å². The molecule has 2 aromatic rings. The van der Waals surface area contributed by atoms with E-state index in [0.717, 1.165) is 0 Å². The Balaban J connectivity index is 2.03. The van der Waals surface area contributed by atoms with E-state index in [0.29, 0.717) is 17.0 Å². The Morgan fingerprint density at radius 1 is 1.08 bits per heavy atom. The van der Waals surface area contributed by atoms with Gasteiger partial charge in [0.05, 0.1) is 11.6 Å². The van der Waals surface area contributed by atoms with Crippen molar-refractivity contribution in [3.05, 3.63) is 60.2 Å². The van der Waals surface area contributed by atoms with Crippen LogP contribution >= 0.6 is 0 Å². The molecule has 122 valence electrons. The maximum absolute atomic E-state index is 12.4. The first-order chi connectivity index (χ1) is 11.6. The fraction of sp³-hybridized carbons (Fsp3) is 0.167. The fourth-order valence-corrected chi connectivity index (χ4v) is 2.08. The lowest BCUT2D eigenvalue weighted by atomic mass is 10.2. The topological polar surface area (TPSA) is 96.4 Å². The number of nitrogens with zero attached hydrogens (tertiary/aromatic N) is 2. The van der Waals surface area contributed by atoms with Crippen molar-refractivity contribution >= 4 is 17.5 Å². The van der Waals surface area contributed by atoms with Crippen LogP contribution in [-0.2, 0) is 9.59 Å². The molecular formula is C18H17N3O3. The van der Waals surface area contributed by atoms with Gasteiger partial charge in [-0.15, -0.1) is 0 Å². The zero-order valence-corrected chi connectivity index (χ0v) is 13.0. The molecular weight excluding hydrogens is 306 g/mol. The molecule has 0 saturated carbocycles. The average molecular weight is 323 g/mol. The highest BCUT2D eigenvalue weighted by Crippen LogP contribution is 2.16. The van der Waals surface area contributed by atoms with Crippen LogP contribution in [0.3, 0.4) is 0 Å². The summed E-state index contributed by atoms with van der Waals surface area (Å²) < 4.78 is 5.46. The normalized spacial score (nSPS) is 9.79. The van der Waals surface area contributed by atoms with Gasteiger partial charge in [-0.3, -0.25) is 9.59 Å². The molecule has 0 radical (unpaired) electrons. The quantitative estimate of drug-likeness (QED) is 0.841. The van der Waals surface area contributed by atoms with Crippen molar-refractivity contribution in [2.24, 2.45) is 5.73 Å². The van der Waals surface area contributed by atoms with Crippen molar-refractivity contribution in [3.63, 3.8) is 0 Å². The molecule has 0 heterocycles. The van der Waals surface area contributed by atoms with Gasteiger partial charge in [-0.1, -0.05) is 18.2 Å². The predicted octanol–water partition coefficient (Wildman–Crippen LogP) is 1.85. The standard InChI is InChI=1S/C18H17N3O3/c19-12-14-6-8-16(9-7-14)24-13-18(23)21(11-10-17(20)22)15-4-2-1-3-5-15/h1-9H,10-11,13H2,(H2,20,22). The molecule has 0 atom stereocenters. The Morgan fingerprint density at radius 3 is 2.33 bits per heavy atom. The minimum absolute atomic E-state index is 0.0670. The highest BCUT2D eigenvalue weighted by Gasteiger charge is 2.17. The number of benzene rings is 2. The van der Waals surface area contributed by atoms with Gasteiger partial charge >= 0.3 is 0 Å². The maximum Gasteiger partial charge on any atom is 0.264 e. The summed E-state index contributed by atoms with van der Waals surface area (Å²) in [5, 5.41) is 8.76. The molecule has 0 aliphatic rings. The number of rotatable bonds is 7. The van der Waals surface area contributed by atoms with Crippen molar-refractivity contribution in [1.29, 1.82) is 5.26 Å². The molecule has 0 aliphatic carbocycles. The van der Waals surface area contributed by atoms with Gasteiger partial charge in [0.2, 0.25) is 5.91 Å². The third kappa shape index (κ3) is 4.85. The number of hydrogen-bond donors (Lipinski definition) is 1. The second kappa shape index (κ2) is 8.34. The van der Waals surface area contributed by atoms with E-state index in [4.69, 9.17) is 15.7 Å². The summed E-state index contributed by atoms with van der Waals surface area (Å²) in [5.74, 6) is -0.270. The number of primary amides is 1. The smallest absolute Gasteiger partial charge is 0.264 e. The third-order valence-electron chi connectivity index (χ3n) is 3.30. The molecule has 2 amide bonds. The number of ether oxygens (including phenoxy) is 1. The summed E-state index contributed by atoms with van der Waals surface area (Å²) in [6.45, 7) is 0.00840. The summed E-state index contributed by atoms with van der Waals surface area (Å²) in [5.41, 5.74) is 6.37. The third-order valence-corrected chi connectivity index (χ3v) is 3.30. The van der Waals surface area contributed by atoms with Crippen LogP contribution in [0.25, 0.3) is 0 Å². The highest BCUT2D eigenvalue weighted by atomic mass is 16.5. The molecule has 0 unspecified atom stereocenters. The summed E-state index contributed by atoms with van der Waals surface area (Å²) in [6, 6.07) is 17.5. The minimum Gasteiger partial charge on any atom is -0.484 e. The SMILES string of the molecule is N#Cc1ccc(OCC(=O)N(CCC(N)=O)c2ccccc2)cc1. The van der Waals surface area contributed by atoms with Crippen LogP contribution in [0.4, 0.5) is 5.69 Å². The molecule has 6 nitrogen and oxygen atoms in total. The monoisotopic (exact) mass is 323 g/mol. The van der Waals surface area contributed by atoms with Gasteiger partial charge in [0, 0.05) is 18.7 Å². The second-order valence-corrected chi connectivity index (χ2v) is 5.02. The summed E-state index contributed by atoms with van der Waals surface area (Å²) >= 11 is 0. The van der Waals surface area contributed by atoms with Crippen molar-refractivity contribution in [2.75, 3.05) is 18.1 Å². The Labute approximate surface area is 140 Å². The number of carbonyl (C=O) groups is 2. The molecule has 2 N–H and O–H groups in total. The predicted molar refractivity (Wildman–Crippen MR) is 89.3 cm³/mol. The maximum atomic E-state index is 12.4. The zero-order chi connectivity index (χ0) is 17.4. The Kier molecular flexibility index (Phi) is 5.92. The molecule has 24 heavy (non-hydrogen) atoms. The first-order valence-electron chi connectivity index (χ1n) is 7.37. The molecule has 0 spiro atoms. The van der Waals surface area contributed by atoms with Crippen LogP contribution < -0.4 is 15.4 Å². The minimum atomic E-state index is -0.475. The molecule has 0 aliphatic heterocycles. The lowest BCUT2D eigenvalue weighted by Crippen LogP contribution is -2.37. The first-order valence-corrected chi connectivity index (χ1v) is 7.37. The van der Waals surface area contributed by atoms with Crippen molar-refractivity contribution in [3.8, 4) is 11.8 Å². The Bertz CT molecular complexity index is 736. The number of anilines is 1. The zero-order valence-electron chi connectivity index (χ0n) is 13.0. The van der Waals surface area contributed by atoms with Crippen molar-refractivity contribution in [2.45, 2.75) is 6.42 Å². The van der Waals surface area contributed by atoms with Crippen LogP contribution in [-0.4, -0.2) is 25.0 Å². The number of nitrogens with two attached hydrogens (primary N) is 1. The largest absolute Gasteiger partial charge is 0.484 e. The van der Waals surface area contributed by atoms with Crippen LogP contribution in [0.2, 0.25) is 0 Å². The molecule has 2 aromatic carbocycles. The average Bonchev–Trinajstić information content (AvgIpc) is 2.61. The molecule has 0 bridgehead atoms. The van der Waals surface area contributed by atoms with Gasteiger partial charge < -0.3 is 15.4 Å². The Hall–Kier alpha value is -3.33. The highest BCUT2D eigenvalue weighted by molar-refractivity contribution is 5.95. The summed E-state index contributed by atoms with van der Waals surface area (Å²) in [7, 11) is 0. The van der Waals surface area contributed by atoms with E-state index >= 15 is 0 Å². The number of nitriles is 1. The van der Waals surface area contributed by atoms with Crippen LogP contribution in [0.1, 0.15) is 12.0 Å². The second-order valence-electron chi connectivity index (χ2n) is 5.02. The molecule has 0 fully saturated rings. The van der Waals surface area contributed by atoms with E-state index in [1.54, 1.807) is 48.5 Å². The fourth-order valence-electron chi connectivity index (χ4n) is 2.08. The van der Waals surface area contributed by atoms with Crippen LogP contribution in [0.5, 0.6) is 5.75 Å². The van der Waals surface area contributed by atoms with Crippen LogP contribution in [0, 0.1) is 11.3 Å². The number of hydrogen-bond acceptors (Lipinski definition) is 4. The molecule has 2 rings (SSSR count). The van der Waals surface area contributed by atoms with E-state index < -0.39 is 5.91 Å². The molecule has 0 aromatic heterocycles. The summed E-state index contributed by atoms with van der Waals surface area (Å²) in [6.07, 6.45) is 0.0670. The first kappa shape index (κ1) is 17.0. The van der Waals surface area contributed by atoms with Gasteiger partial charge in [0.15, 0.2) is 6.61 Å². The van der Waals surface area contributed by atoms with Gasteiger partial charge in [0.25, 0.3) is 5.91 Å².